The number of nitrogens with one attached hydrogen (secondary N) is 2. The molecule has 0 aliphatic carbocycles. The summed E-state index contributed by atoms with van der Waals surface area (Å²) in [6.07, 6.45) is 3.09. The Morgan fingerprint density at radius 2 is 2.06 bits per heavy atom. The first kappa shape index (κ1) is 22.2. The summed E-state index contributed by atoms with van der Waals surface area (Å²) in [5, 5.41) is 25.3. The number of hydrogen-bond acceptors (Lipinski definition) is 6. The van der Waals surface area contributed by atoms with Gasteiger partial charge in [-0.2, -0.15) is 5.26 Å². The van der Waals surface area contributed by atoms with Gasteiger partial charge in [0, 0.05) is 36.1 Å². The summed E-state index contributed by atoms with van der Waals surface area (Å²) < 4.78 is 15.8. The Hall–Kier alpha value is -3.51. The van der Waals surface area contributed by atoms with Crippen molar-refractivity contribution in [3.63, 3.8) is 0 Å². The Balaban J connectivity index is 1.93. The van der Waals surface area contributed by atoms with E-state index in [1.165, 1.54) is 26.2 Å². The molecular formula is C22H25FN6O2. The molecule has 0 saturated carbocycles. The van der Waals surface area contributed by atoms with Crippen molar-refractivity contribution >= 4 is 22.6 Å². The maximum Gasteiger partial charge on any atom is 0.255 e. The molecule has 31 heavy (non-hydrogen) atoms. The van der Waals surface area contributed by atoms with E-state index in [4.69, 9.17) is 5.26 Å². The number of carbonyl (C=O) groups is 1. The van der Waals surface area contributed by atoms with Crippen molar-refractivity contribution < 1.29 is 14.3 Å². The van der Waals surface area contributed by atoms with Crippen molar-refractivity contribution in [1.29, 1.82) is 5.26 Å². The Labute approximate surface area is 179 Å². The van der Waals surface area contributed by atoms with Gasteiger partial charge in [0.15, 0.2) is 0 Å². The molecule has 0 bridgehead atoms. The minimum atomic E-state index is -1.61. The van der Waals surface area contributed by atoms with E-state index in [9.17, 15) is 14.3 Å². The van der Waals surface area contributed by atoms with Crippen LogP contribution in [0.5, 0.6) is 0 Å². The molecule has 3 aromatic rings. The number of aliphatic hydroxyl groups is 1. The number of aromatic nitrogens is 3. The third-order valence-electron chi connectivity index (χ3n) is 4.69. The fraction of sp³-hybridized carbons (Fsp3) is 0.364. The van der Waals surface area contributed by atoms with Crippen LogP contribution in [-0.4, -0.2) is 49.9 Å². The smallest absolute Gasteiger partial charge is 0.255 e. The molecule has 0 unspecified atom stereocenters. The molecular weight excluding hydrogens is 399 g/mol. The monoisotopic (exact) mass is 424 g/mol. The zero-order valence-corrected chi connectivity index (χ0v) is 17.8. The summed E-state index contributed by atoms with van der Waals surface area (Å²) in [6, 6.07) is 7.39. The number of hydrogen-bond donors (Lipinski definition) is 3. The summed E-state index contributed by atoms with van der Waals surface area (Å²) in [5.41, 5.74) is 0.333. The number of anilines is 1. The number of nitrogens with zero attached hydrogens (tertiary/aromatic N) is 4. The number of alkyl halides is 1. The van der Waals surface area contributed by atoms with Gasteiger partial charge in [-0.3, -0.25) is 9.36 Å². The highest BCUT2D eigenvalue weighted by Gasteiger charge is 2.27. The molecule has 3 N–H and O–H groups in total. The molecule has 0 spiro atoms. The predicted octanol–water partition coefficient (Wildman–Crippen LogP) is 2.95. The van der Waals surface area contributed by atoms with Crippen LogP contribution in [0.15, 0.2) is 36.8 Å². The molecule has 3 rings (SSSR count). The molecule has 0 aliphatic rings. The average molecular weight is 424 g/mol. The number of fused-ring (bicyclic) bond motifs is 1. The second kappa shape index (κ2) is 8.70. The Bertz CT molecular complexity index is 1140. The lowest BCUT2D eigenvalue weighted by Gasteiger charge is -2.23. The maximum atomic E-state index is 14.0. The van der Waals surface area contributed by atoms with Crippen LogP contribution in [0.4, 0.5) is 10.1 Å². The van der Waals surface area contributed by atoms with Gasteiger partial charge in [0.05, 0.1) is 29.0 Å². The highest BCUT2D eigenvalue weighted by atomic mass is 19.1. The Morgan fingerprint density at radius 3 is 2.71 bits per heavy atom. The number of amides is 1. The van der Waals surface area contributed by atoms with E-state index in [-0.39, 0.29) is 18.2 Å². The average Bonchev–Trinajstić information content (AvgIpc) is 3.13. The second-order valence-corrected chi connectivity index (χ2v) is 8.15. The zero-order valence-electron chi connectivity index (χ0n) is 17.8. The van der Waals surface area contributed by atoms with E-state index in [1.54, 1.807) is 22.9 Å². The number of halogens is 1. The number of rotatable bonds is 7. The van der Waals surface area contributed by atoms with Gasteiger partial charge in [-0.1, -0.05) is 0 Å². The number of carbonyl (C=O) groups excluding carboxylic acids is 1. The largest absolute Gasteiger partial charge is 0.387 e. The fourth-order valence-corrected chi connectivity index (χ4v) is 2.98. The van der Waals surface area contributed by atoms with Gasteiger partial charge in [0.25, 0.3) is 5.91 Å². The van der Waals surface area contributed by atoms with Crippen LogP contribution in [0.2, 0.25) is 0 Å². The third kappa shape index (κ3) is 4.98. The highest BCUT2D eigenvalue weighted by molar-refractivity contribution is 5.99. The minimum Gasteiger partial charge on any atom is -0.387 e. The molecule has 0 saturated heterocycles. The van der Waals surface area contributed by atoms with E-state index in [1.807, 2.05) is 19.9 Å². The third-order valence-corrected chi connectivity index (χ3v) is 4.69. The van der Waals surface area contributed by atoms with Gasteiger partial charge in [-0.05, 0) is 39.8 Å². The molecule has 3 heterocycles. The van der Waals surface area contributed by atoms with Crippen molar-refractivity contribution in [3.8, 4) is 11.9 Å². The zero-order chi connectivity index (χ0) is 22.8. The Kier molecular flexibility index (Phi) is 6.22. The predicted molar refractivity (Wildman–Crippen MR) is 116 cm³/mol. The molecule has 0 aliphatic heterocycles. The van der Waals surface area contributed by atoms with Gasteiger partial charge in [-0.15, -0.1) is 0 Å². The topological polar surface area (TPSA) is 116 Å². The van der Waals surface area contributed by atoms with Gasteiger partial charge >= 0.3 is 0 Å². The molecule has 1 atom stereocenters. The van der Waals surface area contributed by atoms with Crippen LogP contribution in [0.3, 0.4) is 0 Å². The summed E-state index contributed by atoms with van der Waals surface area (Å²) in [5.74, 6) is 0.0371. The fourth-order valence-electron chi connectivity index (χ4n) is 2.98. The first-order chi connectivity index (χ1) is 14.6. The van der Waals surface area contributed by atoms with Crippen molar-refractivity contribution in [2.45, 2.75) is 45.5 Å². The molecule has 1 amide bonds. The first-order valence-corrected chi connectivity index (χ1v) is 9.89. The lowest BCUT2D eigenvalue weighted by molar-refractivity contribution is -0.00177. The summed E-state index contributed by atoms with van der Waals surface area (Å²) in [4.78, 5) is 21.4. The van der Waals surface area contributed by atoms with Crippen molar-refractivity contribution in [1.82, 2.24) is 19.9 Å². The van der Waals surface area contributed by atoms with Crippen molar-refractivity contribution in [2.24, 2.45) is 0 Å². The van der Waals surface area contributed by atoms with Gasteiger partial charge in [0.2, 0.25) is 0 Å². The molecule has 9 heteroatoms. The highest BCUT2D eigenvalue weighted by Crippen LogP contribution is 2.23. The van der Waals surface area contributed by atoms with Crippen molar-refractivity contribution in [2.75, 3.05) is 11.9 Å². The van der Waals surface area contributed by atoms with E-state index in [0.29, 0.717) is 22.7 Å². The van der Waals surface area contributed by atoms with E-state index in [0.717, 1.165) is 5.39 Å². The lowest BCUT2D eigenvalue weighted by atomic mass is 10.0. The van der Waals surface area contributed by atoms with Crippen LogP contribution in [-0.2, 0) is 0 Å². The first-order valence-electron chi connectivity index (χ1n) is 9.89. The second-order valence-electron chi connectivity index (χ2n) is 8.15. The molecule has 3 aromatic heterocycles. The standard InChI is InChI=1S/C22H25FN6O2/c1-13(2)28-17-8-19(29-6-5-15-7-14(9-24)10-26-20(15)29)25-11-16(17)21(30)27-12-18(23)22(3,4)31/h5-8,10-11,13,18,31H,12H2,1-4H3,(H,25,28)(H,27,30)/t18-/m1/s1. The van der Waals surface area contributed by atoms with Crippen molar-refractivity contribution in [3.05, 3.63) is 47.9 Å². The molecule has 0 aromatic carbocycles. The van der Waals surface area contributed by atoms with E-state index < -0.39 is 17.7 Å². The SMILES string of the molecule is CC(C)Nc1cc(-n2ccc3cc(C#N)cnc32)ncc1C(=O)NC[C@@H](F)C(C)(C)O. The number of pyridine rings is 2. The van der Waals surface area contributed by atoms with Crippen LogP contribution in [0.25, 0.3) is 16.9 Å². The molecule has 0 fully saturated rings. The van der Waals surface area contributed by atoms with E-state index in [2.05, 4.69) is 26.7 Å². The molecule has 162 valence electrons. The van der Waals surface area contributed by atoms with Crippen LogP contribution >= 0.6 is 0 Å². The van der Waals surface area contributed by atoms with Crippen LogP contribution < -0.4 is 10.6 Å². The molecule has 8 nitrogen and oxygen atoms in total. The summed E-state index contributed by atoms with van der Waals surface area (Å²) in [6.45, 7) is 6.24. The number of nitriles is 1. The lowest BCUT2D eigenvalue weighted by Crippen LogP contribution is -2.42. The quantitative estimate of drug-likeness (QED) is 0.537. The normalized spacial score (nSPS) is 12.6. The van der Waals surface area contributed by atoms with Crippen LogP contribution in [0, 0.1) is 11.3 Å². The Morgan fingerprint density at radius 1 is 1.32 bits per heavy atom. The summed E-state index contributed by atoms with van der Waals surface area (Å²) in [7, 11) is 0. The summed E-state index contributed by atoms with van der Waals surface area (Å²) >= 11 is 0. The van der Waals surface area contributed by atoms with Gasteiger partial charge < -0.3 is 15.7 Å². The van der Waals surface area contributed by atoms with Gasteiger partial charge in [-0.25, -0.2) is 14.4 Å². The maximum absolute atomic E-state index is 14.0. The molecule has 0 radical (unpaired) electrons. The van der Waals surface area contributed by atoms with Crippen LogP contribution in [0.1, 0.15) is 43.6 Å². The van der Waals surface area contributed by atoms with Gasteiger partial charge in [0.1, 0.15) is 23.7 Å². The van der Waals surface area contributed by atoms with E-state index >= 15 is 0 Å². The minimum absolute atomic E-state index is 0.0322.